The molecule has 3 aromatic heterocycles. The number of carbonyl (C=O) groups excluding carboxylic acids is 1. The van der Waals surface area contributed by atoms with Crippen LogP contribution in [0, 0.1) is 0 Å². The first kappa shape index (κ1) is 17.0. The molecule has 29 heavy (non-hydrogen) atoms. The van der Waals surface area contributed by atoms with Crippen molar-refractivity contribution in [1.82, 2.24) is 10.1 Å². The van der Waals surface area contributed by atoms with Gasteiger partial charge in [0.2, 0.25) is 5.76 Å². The summed E-state index contributed by atoms with van der Waals surface area (Å²) in [6.45, 7) is -0.0778. The Morgan fingerprint density at radius 3 is 2.59 bits per heavy atom. The van der Waals surface area contributed by atoms with Crippen molar-refractivity contribution in [2.45, 2.75) is 6.61 Å². The standard InChI is InChI=1S/C22H14N2O5/c25-22(21-23-12-20(28-21)14-6-2-1-3-7-14)26-13-16-11-19(29-24-16)18-10-15-8-4-5-9-17(15)27-18/h1-12H,13H2. The van der Waals surface area contributed by atoms with Gasteiger partial charge in [-0.15, -0.1) is 0 Å². The van der Waals surface area contributed by atoms with E-state index in [1.165, 1.54) is 6.20 Å². The molecule has 0 aliphatic rings. The molecule has 0 aliphatic carbocycles. The first-order valence-electron chi connectivity index (χ1n) is 8.89. The fourth-order valence-corrected chi connectivity index (χ4v) is 2.90. The maximum atomic E-state index is 12.2. The summed E-state index contributed by atoms with van der Waals surface area (Å²) < 4.78 is 21.8. The van der Waals surface area contributed by atoms with Gasteiger partial charge in [-0.1, -0.05) is 53.7 Å². The van der Waals surface area contributed by atoms with Crippen LogP contribution in [0.5, 0.6) is 0 Å². The summed E-state index contributed by atoms with van der Waals surface area (Å²) in [7, 11) is 0. The molecule has 0 saturated heterocycles. The summed E-state index contributed by atoms with van der Waals surface area (Å²) in [6, 6.07) is 20.5. The Morgan fingerprint density at radius 1 is 0.897 bits per heavy atom. The maximum Gasteiger partial charge on any atom is 0.395 e. The zero-order valence-electron chi connectivity index (χ0n) is 15.1. The van der Waals surface area contributed by atoms with E-state index in [4.69, 9.17) is 18.1 Å². The van der Waals surface area contributed by atoms with Crippen LogP contribution in [0.1, 0.15) is 16.4 Å². The molecule has 0 unspecified atom stereocenters. The van der Waals surface area contributed by atoms with Crippen molar-refractivity contribution in [2.75, 3.05) is 0 Å². The van der Waals surface area contributed by atoms with Gasteiger partial charge < -0.3 is 18.1 Å². The third-order valence-electron chi connectivity index (χ3n) is 4.32. The smallest absolute Gasteiger partial charge is 0.395 e. The third-order valence-corrected chi connectivity index (χ3v) is 4.32. The number of esters is 1. The molecule has 3 heterocycles. The van der Waals surface area contributed by atoms with Gasteiger partial charge in [-0.2, -0.15) is 0 Å². The van der Waals surface area contributed by atoms with E-state index in [1.807, 2.05) is 60.7 Å². The molecule has 0 aliphatic heterocycles. The van der Waals surface area contributed by atoms with Gasteiger partial charge in [0.1, 0.15) is 17.9 Å². The molecular formula is C22H14N2O5. The van der Waals surface area contributed by atoms with E-state index >= 15 is 0 Å². The van der Waals surface area contributed by atoms with Gasteiger partial charge in [-0.25, -0.2) is 9.78 Å². The number of aromatic nitrogens is 2. The van der Waals surface area contributed by atoms with Crippen LogP contribution in [-0.2, 0) is 11.3 Å². The number of hydrogen-bond donors (Lipinski definition) is 0. The van der Waals surface area contributed by atoms with E-state index in [9.17, 15) is 4.79 Å². The van der Waals surface area contributed by atoms with E-state index in [0.717, 1.165) is 16.5 Å². The molecule has 0 atom stereocenters. The topological polar surface area (TPSA) is 91.5 Å². The zero-order chi connectivity index (χ0) is 19.6. The third kappa shape index (κ3) is 3.41. The van der Waals surface area contributed by atoms with Crippen molar-refractivity contribution in [3.8, 4) is 22.8 Å². The summed E-state index contributed by atoms with van der Waals surface area (Å²) in [5.74, 6) is 0.697. The molecule has 0 N–H and O–H groups in total. The molecule has 7 heteroatoms. The molecule has 2 aromatic carbocycles. The first-order valence-corrected chi connectivity index (χ1v) is 8.89. The van der Waals surface area contributed by atoms with E-state index in [0.29, 0.717) is 23.0 Å². The summed E-state index contributed by atoms with van der Waals surface area (Å²) in [6.07, 6.45) is 1.49. The number of fused-ring (bicyclic) bond motifs is 1. The van der Waals surface area contributed by atoms with Crippen molar-refractivity contribution in [3.63, 3.8) is 0 Å². The van der Waals surface area contributed by atoms with Crippen LogP contribution >= 0.6 is 0 Å². The minimum Gasteiger partial charge on any atom is -0.453 e. The van der Waals surface area contributed by atoms with Crippen molar-refractivity contribution >= 4 is 16.9 Å². The maximum absolute atomic E-state index is 12.2. The average molecular weight is 386 g/mol. The number of oxazole rings is 1. The molecule has 0 spiro atoms. The number of rotatable bonds is 5. The number of furan rings is 1. The quantitative estimate of drug-likeness (QED) is 0.388. The molecule has 142 valence electrons. The lowest BCUT2D eigenvalue weighted by molar-refractivity contribution is 0.0419. The van der Waals surface area contributed by atoms with E-state index in [1.54, 1.807) is 6.07 Å². The van der Waals surface area contributed by atoms with Crippen LogP contribution in [0.15, 0.2) is 86.3 Å². The second-order valence-electron chi connectivity index (χ2n) is 6.30. The van der Waals surface area contributed by atoms with E-state index in [-0.39, 0.29) is 12.5 Å². The summed E-state index contributed by atoms with van der Waals surface area (Å²) in [5, 5.41) is 4.88. The second kappa shape index (κ2) is 7.12. The molecule has 0 radical (unpaired) electrons. The van der Waals surface area contributed by atoms with Crippen molar-refractivity contribution in [2.24, 2.45) is 0 Å². The van der Waals surface area contributed by atoms with Gasteiger partial charge in [0.15, 0.2) is 11.5 Å². The van der Waals surface area contributed by atoms with E-state index < -0.39 is 5.97 Å². The molecule has 5 aromatic rings. The average Bonchev–Trinajstić information content (AvgIpc) is 3.51. The molecule has 0 saturated carbocycles. The summed E-state index contributed by atoms with van der Waals surface area (Å²) >= 11 is 0. The number of benzene rings is 2. The highest BCUT2D eigenvalue weighted by Crippen LogP contribution is 2.28. The summed E-state index contributed by atoms with van der Waals surface area (Å²) in [5.41, 5.74) is 2.03. The SMILES string of the molecule is O=C(OCc1cc(-c2cc3ccccc3o2)on1)c1ncc(-c2ccccc2)o1. The van der Waals surface area contributed by atoms with Gasteiger partial charge in [-0.05, 0) is 12.1 Å². The monoisotopic (exact) mass is 386 g/mol. The Balaban J connectivity index is 1.26. The predicted molar refractivity (Wildman–Crippen MR) is 103 cm³/mol. The van der Waals surface area contributed by atoms with Crippen molar-refractivity contribution in [1.29, 1.82) is 0 Å². The highest BCUT2D eigenvalue weighted by Gasteiger charge is 2.18. The largest absolute Gasteiger partial charge is 0.453 e. The Hall–Kier alpha value is -4.13. The van der Waals surface area contributed by atoms with Gasteiger partial charge >= 0.3 is 11.9 Å². The normalized spacial score (nSPS) is 11.0. The van der Waals surface area contributed by atoms with Crippen LogP contribution < -0.4 is 0 Å². The fourth-order valence-electron chi connectivity index (χ4n) is 2.90. The van der Waals surface area contributed by atoms with Crippen LogP contribution in [0.2, 0.25) is 0 Å². The van der Waals surface area contributed by atoms with E-state index in [2.05, 4.69) is 10.1 Å². The van der Waals surface area contributed by atoms with Crippen LogP contribution in [0.25, 0.3) is 33.8 Å². The Labute approximate surface area is 164 Å². The lowest BCUT2D eigenvalue weighted by Gasteiger charge is -1.98. The number of para-hydroxylation sites is 1. The number of nitrogens with zero attached hydrogens (tertiary/aromatic N) is 2. The van der Waals surface area contributed by atoms with Crippen LogP contribution in [0.3, 0.4) is 0 Å². The van der Waals surface area contributed by atoms with Gasteiger partial charge in [0.25, 0.3) is 0 Å². The Morgan fingerprint density at radius 2 is 1.72 bits per heavy atom. The molecule has 0 fully saturated rings. The Kier molecular flexibility index (Phi) is 4.18. The lowest BCUT2D eigenvalue weighted by Crippen LogP contribution is -2.05. The van der Waals surface area contributed by atoms with Crippen molar-refractivity contribution < 1.29 is 22.9 Å². The van der Waals surface area contributed by atoms with Gasteiger partial charge in [0, 0.05) is 17.0 Å². The highest BCUT2D eigenvalue weighted by molar-refractivity contribution is 5.85. The summed E-state index contributed by atoms with van der Waals surface area (Å²) in [4.78, 5) is 16.2. The number of ether oxygens (including phenoxy) is 1. The molecule has 0 amide bonds. The minimum atomic E-state index is -0.680. The number of hydrogen-bond acceptors (Lipinski definition) is 7. The first-order chi connectivity index (χ1) is 14.3. The second-order valence-corrected chi connectivity index (χ2v) is 6.30. The van der Waals surface area contributed by atoms with Crippen LogP contribution in [-0.4, -0.2) is 16.1 Å². The van der Waals surface area contributed by atoms with Crippen LogP contribution in [0.4, 0.5) is 0 Å². The molecule has 0 bridgehead atoms. The molecular weight excluding hydrogens is 372 g/mol. The number of carbonyl (C=O) groups is 1. The van der Waals surface area contributed by atoms with Gasteiger partial charge in [0.05, 0.1) is 6.20 Å². The van der Waals surface area contributed by atoms with Gasteiger partial charge in [-0.3, -0.25) is 0 Å². The molecule has 7 nitrogen and oxygen atoms in total. The lowest BCUT2D eigenvalue weighted by atomic mass is 10.2. The highest BCUT2D eigenvalue weighted by atomic mass is 16.5. The predicted octanol–water partition coefficient (Wildman–Crippen LogP) is 5.10. The van der Waals surface area contributed by atoms with Crippen molar-refractivity contribution in [3.05, 3.63) is 84.5 Å². The Bertz CT molecular complexity index is 1250. The molecule has 5 rings (SSSR count). The minimum absolute atomic E-state index is 0.0778. The zero-order valence-corrected chi connectivity index (χ0v) is 15.1. The fraction of sp³-hybridized carbons (Fsp3) is 0.0455.